The molecule has 0 bridgehead atoms. The smallest absolute Gasteiger partial charge is 0.0547 e. The highest BCUT2D eigenvalue weighted by molar-refractivity contribution is 4.61. The summed E-state index contributed by atoms with van der Waals surface area (Å²) in [7, 11) is 0. The molecule has 0 fully saturated rings. The van der Waals surface area contributed by atoms with Crippen LogP contribution in [0.4, 0.5) is 0 Å². The molecule has 2 nitrogen and oxygen atoms in total. The van der Waals surface area contributed by atoms with E-state index in [0.717, 1.165) is 0 Å². The molecule has 0 aromatic heterocycles. The Morgan fingerprint density at radius 2 is 1.67 bits per heavy atom. The zero-order valence-electron chi connectivity index (χ0n) is 4.02. The van der Waals surface area contributed by atoms with Crippen molar-refractivity contribution in [2.45, 2.75) is 13.1 Å². The molecule has 0 rings (SSSR count). The van der Waals surface area contributed by atoms with E-state index in [1.165, 1.54) is 0 Å². The van der Waals surface area contributed by atoms with Crippen molar-refractivity contribution in [2.24, 2.45) is 17.4 Å². The minimum absolute atomic E-state index is 0.157. The van der Waals surface area contributed by atoms with Crippen LogP contribution in [-0.4, -0.2) is 6.17 Å². The normalized spacial score (nSPS) is 11.0. The standard InChI is InChI=1S/C4H11N2/c1-3(2)4(5)6/h3-4H,1,5-6H2,2H3. The van der Waals surface area contributed by atoms with Gasteiger partial charge in [-0.1, -0.05) is 6.92 Å². The third-order valence-electron chi connectivity index (χ3n) is 0.657. The number of hydrogen-bond acceptors (Lipinski definition) is 2. The van der Waals surface area contributed by atoms with E-state index >= 15 is 0 Å². The summed E-state index contributed by atoms with van der Waals surface area (Å²) in [4.78, 5) is 0. The van der Waals surface area contributed by atoms with Gasteiger partial charge in [0, 0.05) is 0 Å². The van der Waals surface area contributed by atoms with Crippen molar-refractivity contribution in [3.63, 3.8) is 0 Å². The zero-order valence-corrected chi connectivity index (χ0v) is 4.02. The second kappa shape index (κ2) is 2.16. The van der Waals surface area contributed by atoms with Crippen LogP contribution < -0.4 is 11.5 Å². The lowest BCUT2D eigenvalue weighted by molar-refractivity contribution is 0.555. The summed E-state index contributed by atoms with van der Waals surface area (Å²) < 4.78 is 0. The number of rotatable bonds is 1. The summed E-state index contributed by atoms with van der Waals surface area (Å²) in [5.41, 5.74) is 10.3. The summed E-state index contributed by atoms with van der Waals surface area (Å²) in [6.07, 6.45) is -0.259. The van der Waals surface area contributed by atoms with Crippen LogP contribution in [0.5, 0.6) is 0 Å². The van der Waals surface area contributed by atoms with Crippen LogP contribution in [0.25, 0.3) is 0 Å². The summed E-state index contributed by atoms with van der Waals surface area (Å²) >= 11 is 0. The lowest BCUT2D eigenvalue weighted by Crippen LogP contribution is -2.35. The van der Waals surface area contributed by atoms with Crippen molar-refractivity contribution in [1.29, 1.82) is 0 Å². The molecule has 37 valence electrons. The molecule has 0 saturated carbocycles. The van der Waals surface area contributed by atoms with Gasteiger partial charge in [-0.05, 0) is 12.8 Å². The van der Waals surface area contributed by atoms with Crippen LogP contribution in [0.3, 0.4) is 0 Å². The minimum atomic E-state index is -0.259. The minimum Gasteiger partial charge on any atom is -0.316 e. The van der Waals surface area contributed by atoms with Gasteiger partial charge < -0.3 is 11.5 Å². The molecular formula is C4H11N2. The molecule has 6 heavy (non-hydrogen) atoms. The van der Waals surface area contributed by atoms with E-state index in [9.17, 15) is 0 Å². The van der Waals surface area contributed by atoms with E-state index in [2.05, 4.69) is 6.92 Å². The molecule has 0 aromatic carbocycles. The summed E-state index contributed by atoms with van der Waals surface area (Å²) in [6, 6.07) is 0. The molecule has 0 aliphatic carbocycles. The van der Waals surface area contributed by atoms with Crippen molar-refractivity contribution in [3.05, 3.63) is 6.92 Å². The maximum absolute atomic E-state index is 5.15. The first-order chi connectivity index (χ1) is 2.64. The molecule has 2 heteroatoms. The van der Waals surface area contributed by atoms with Gasteiger partial charge in [-0.25, -0.2) is 0 Å². The van der Waals surface area contributed by atoms with Crippen molar-refractivity contribution < 1.29 is 0 Å². The fourth-order valence-corrected chi connectivity index (χ4v) is 0. The predicted molar refractivity (Wildman–Crippen MR) is 26.7 cm³/mol. The average Bonchev–Trinajstić information content (AvgIpc) is 1.36. The molecule has 4 N–H and O–H groups in total. The van der Waals surface area contributed by atoms with Crippen LogP contribution in [0.15, 0.2) is 0 Å². The molecule has 0 aliphatic rings. The van der Waals surface area contributed by atoms with E-state index < -0.39 is 0 Å². The van der Waals surface area contributed by atoms with Gasteiger partial charge in [0.15, 0.2) is 0 Å². The van der Waals surface area contributed by atoms with Gasteiger partial charge in [-0.15, -0.1) is 0 Å². The van der Waals surface area contributed by atoms with Crippen LogP contribution >= 0.6 is 0 Å². The second-order valence-electron chi connectivity index (χ2n) is 1.55. The largest absolute Gasteiger partial charge is 0.316 e. The monoisotopic (exact) mass is 87.1 g/mol. The van der Waals surface area contributed by atoms with Crippen LogP contribution in [-0.2, 0) is 0 Å². The predicted octanol–water partition coefficient (Wildman–Crippen LogP) is -0.300. The van der Waals surface area contributed by atoms with Crippen molar-refractivity contribution in [1.82, 2.24) is 0 Å². The third kappa shape index (κ3) is 2.18. The first-order valence-corrected chi connectivity index (χ1v) is 1.99. The molecule has 1 radical (unpaired) electrons. The Labute approximate surface area is 38.5 Å². The molecule has 0 aromatic rings. The van der Waals surface area contributed by atoms with Gasteiger partial charge >= 0.3 is 0 Å². The Hall–Kier alpha value is -0.0800. The zero-order chi connectivity index (χ0) is 5.15. The molecule has 0 spiro atoms. The fraction of sp³-hybridized carbons (Fsp3) is 0.750. The van der Waals surface area contributed by atoms with E-state index in [-0.39, 0.29) is 12.1 Å². The maximum Gasteiger partial charge on any atom is 0.0547 e. The fourth-order valence-electron chi connectivity index (χ4n) is 0. The molecule has 1 unspecified atom stereocenters. The highest BCUT2D eigenvalue weighted by Gasteiger charge is 1.96. The van der Waals surface area contributed by atoms with Crippen molar-refractivity contribution in [2.75, 3.05) is 0 Å². The first kappa shape index (κ1) is 5.92. The maximum atomic E-state index is 5.15. The van der Waals surface area contributed by atoms with Gasteiger partial charge in [0.1, 0.15) is 0 Å². The molecule has 0 saturated heterocycles. The molecular weight excluding hydrogens is 76.1 g/mol. The van der Waals surface area contributed by atoms with Crippen LogP contribution in [0.2, 0.25) is 0 Å². The molecule has 0 amide bonds. The Balaban J connectivity index is 2.99. The Kier molecular flexibility index (Phi) is 2.13. The van der Waals surface area contributed by atoms with Gasteiger partial charge in [0.2, 0.25) is 0 Å². The highest BCUT2D eigenvalue weighted by atomic mass is 14.9. The average molecular weight is 87.1 g/mol. The van der Waals surface area contributed by atoms with E-state index in [1.807, 2.05) is 6.92 Å². The molecule has 0 aliphatic heterocycles. The molecule has 0 heterocycles. The lowest BCUT2D eigenvalue weighted by atomic mass is 10.2. The van der Waals surface area contributed by atoms with Crippen LogP contribution in [0.1, 0.15) is 6.92 Å². The second-order valence-corrected chi connectivity index (χ2v) is 1.55. The Morgan fingerprint density at radius 1 is 1.50 bits per heavy atom. The van der Waals surface area contributed by atoms with Gasteiger partial charge in [0.25, 0.3) is 0 Å². The van der Waals surface area contributed by atoms with E-state index in [1.54, 1.807) is 0 Å². The number of nitrogens with two attached hydrogens (primary N) is 2. The summed E-state index contributed by atoms with van der Waals surface area (Å²) in [6.45, 7) is 5.47. The van der Waals surface area contributed by atoms with Crippen LogP contribution in [0, 0.1) is 12.8 Å². The quantitative estimate of drug-likeness (QED) is 0.431. The van der Waals surface area contributed by atoms with Crippen molar-refractivity contribution in [3.8, 4) is 0 Å². The highest BCUT2D eigenvalue weighted by Crippen LogP contribution is 1.87. The number of hydrogen-bond donors (Lipinski definition) is 2. The third-order valence-corrected chi connectivity index (χ3v) is 0.657. The van der Waals surface area contributed by atoms with Gasteiger partial charge in [0.05, 0.1) is 6.17 Å². The van der Waals surface area contributed by atoms with Gasteiger partial charge in [-0.2, -0.15) is 0 Å². The molecule has 1 atom stereocenters. The summed E-state index contributed by atoms with van der Waals surface area (Å²) in [5, 5.41) is 0. The Bertz CT molecular complexity index is 26.5. The van der Waals surface area contributed by atoms with Crippen molar-refractivity contribution >= 4 is 0 Å². The SMILES string of the molecule is [CH2]C(C)C(N)N. The first-order valence-electron chi connectivity index (χ1n) is 1.99. The van der Waals surface area contributed by atoms with E-state index in [4.69, 9.17) is 11.5 Å². The van der Waals surface area contributed by atoms with Gasteiger partial charge in [-0.3, -0.25) is 0 Å². The topological polar surface area (TPSA) is 52.0 Å². The Morgan fingerprint density at radius 3 is 1.67 bits per heavy atom. The lowest BCUT2D eigenvalue weighted by Gasteiger charge is -2.05. The summed E-state index contributed by atoms with van der Waals surface area (Å²) in [5.74, 6) is 0.157. The van der Waals surface area contributed by atoms with E-state index in [0.29, 0.717) is 0 Å².